The van der Waals surface area contributed by atoms with E-state index in [1.165, 1.54) is 55.0 Å². The molecule has 5 heteroatoms. The smallest absolute Gasteiger partial charge is 0.203 e. The second-order valence-electron chi connectivity index (χ2n) is 15.8. The fourth-order valence-electron chi connectivity index (χ4n) is 8.61. The van der Waals surface area contributed by atoms with Crippen LogP contribution in [0.1, 0.15) is 55.4 Å². The van der Waals surface area contributed by atoms with Crippen LogP contribution in [0.4, 0.5) is 5.69 Å². The quantitative estimate of drug-likeness (QED) is 0.195. The van der Waals surface area contributed by atoms with Crippen LogP contribution in [0.3, 0.4) is 0 Å². The summed E-state index contributed by atoms with van der Waals surface area (Å²) in [6.45, 7) is 18.7. The van der Waals surface area contributed by atoms with Crippen molar-refractivity contribution in [2.45, 2.75) is 77.5 Å². The molecule has 2 aliphatic rings. The number of anilines is 1. The summed E-state index contributed by atoms with van der Waals surface area (Å²) in [6, 6.07) is 42.2. The standard InChI is InChI=1S/C43H43N5/c1-40(2)41(3,4)48-39(44-40)47(42(5,6)43(48,7)8)30-23-24-36-32(25-30)34-27-37-33(26-38(34)46(36)29-19-13-10-14-20-29)31-21-15-16-22-35(31)45(37)28-17-11-9-12-18-28/h9-27H,1-8H3. The van der Waals surface area contributed by atoms with Gasteiger partial charge in [-0.15, -0.1) is 0 Å². The number of nitrogens with zero attached hydrogens (tertiary/aromatic N) is 5. The SMILES string of the molecule is CC1(C)N=C2N(c3ccc4c(c3)c3cc5c(cc3n4-c3ccccc3)c3ccccc3n5-c3ccccc3)C(C)(C)C(C)(C)N2C1(C)C. The zero-order valence-electron chi connectivity index (χ0n) is 29.2. The van der Waals surface area contributed by atoms with Gasteiger partial charge in [0.2, 0.25) is 5.96 Å². The Morgan fingerprint density at radius 1 is 0.417 bits per heavy atom. The molecule has 0 amide bonds. The first kappa shape index (κ1) is 29.1. The minimum Gasteiger partial charge on any atom is -0.327 e. The molecule has 1 saturated heterocycles. The summed E-state index contributed by atoms with van der Waals surface area (Å²) in [5, 5.41) is 4.99. The number of aromatic nitrogens is 2. The lowest BCUT2D eigenvalue weighted by atomic mass is 9.76. The minimum absolute atomic E-state index is 0.137. The fourth-order valence-corrected chi connectivity index (χ4v) is 8.61. The molecule has 5 nitrogen and oxygen atoms in total. The van der Waals surface area contributed by atoms with Gasteiger partial charge in [0.15, 0.2) is 0 Å². The van der Waals surface area contributed by atoms with Crippen LogP contribution in [-0.2, 0) is 0 Å². The summed E-state index contributed by atoms with van der Waals surface area (Å²) in [4.78, 5) is 10.5. The van der Waals surface area contributed by atoms with E-state index in [-0.39, 0.29) is 22.2 Å². The lowest BCUT2D eigenvalue weighted by molar-refractivity contribution is 0.0529. The maximum absolute atomic E-state index is 5.45. The average molecular weight is 630 g/mol. The van der Waals surface area contributed by atoms with E-state index in [1.807, 2.05) is 0 Å². The Morgan fingerprint density at radius 2 is 0.917 bits per heavy atom. The van der Waals surface area contributed by atoms with E-state index in [4.69, 9.17) is 4.99 Å². The molecule has 0 N–H and O–H groups in total. The van der Waals surface area contributed by atoms with Crippen molar-refractivity contribution in [1.29, 1.82) is 0 Å². The van der Waals surface area contributed by atoms with E-state index in [0.717, 1.165) is 11.6 Å². The fraction of sp³-hybridized carbons (Fsp3) is 0.279. The van der Waals surface area contributed by atoms with Gasteiger partial charge in [-0.1, -0.05) is 54.6 Å². The highest BCUT2D eigenvalue weighted by molar-refractivity contribution is 6.19. The molecule has 4 heterocycles. The third kappa shape index (κ3) is 3.54. The molecule has 240 valence electrons. The number of guanidine groups is 1. The molecule has 1 fully saturated rings. The normalized spacial score (nSPS) is 19.1. The van der Waals surface area contributed by atoms with Crippen LogP contribution in [0.15, 0.2) is 120 Å². The third-order valence-electron chi connectivity index (χ3n) is 12.3. The lowest BCUT2D eigenvalue weighted by Gasteiger charge is -2.50. The highest BCUT2D eigenvalue weighted by atomic mass is 15.6. The molecule has 0 bridgehead atoms. The molecule has 7 aromatic rings. The number of para-hydroxylation sites is 3. The zero-order valence-corrected chi connectivity index (χ0v) is 29.2. The predicted molar refractivity (Wildman–Crippen MR) is 203 cm³/mol. The van der Waals surface area contributed by atoms with E-state index in [1.54, 1.807) is 0 Å². The summed E-state index contributed by atoms with van der Waals surface area (Å²) >= 11 is 0. The summed E-state index contributed by atoms with van der Waals surface area (Å²) in [5.74, 6) is 1.07. The second-order valence-corrected chi connectivity index (χ2v) is 15.8. The van der Waals surface area contributed by atoms with Crippen molar-refractivity contribution in [2.24, 2.45) is 4.99 Å². The molecular weight excluding hydrogens is 587 g/mol. The molecule has 0 unspecified atom stereocenters. The molecule has 9 rings (SSSR count). The van der Waals surface area contributed by atoms with Gasteiger partial charge in [-0.3, -0.25) is 0 Å². The van der Waals surface area contributed by atoms with E-state index in [9.17, 15) is 0 Å². The van der Waals surface area contributed by atoms with Crippen LogP contribution < -0.4 is 4.90 Å². The maximum Gasteiger partial charge on any atom is 0.203 e. The van der Waals surface area contributed by atoms with Crippen LogP contribution in [0.25, 0.3) is 55.0 Å². The summed E-state index contributed by atoms with van der Waals surface area (Å²) in [5.41, 5.74) is 7.61. The number of fused-ring (bicyclic) bond motifs is 7. The van der Waals surface area contributed by atoms with Gasteiger partial charge in [0, 0.05) is 38.6 Å². The molecule has 0 aliphatic carbocycles. The van der Waals surface area contributed by atoms with Gasteiger partial charge in [0.25, 0.3) is 0 Å². The topological polar surface area (TPSA) is 28.7 Å². The Morgan fingerprint density at radius 3 is 1.52 bits per heavy atom. The minimum atomic E-state index is -0.224. The molecular formula is C43H43N5. The molecule has 0 radical (unpaired) electrons. The van der Waals surface area contributed by atoms with Gasteiger partial charge < -0.3 is 18.9 Å². The van der Waals surface area contributed by atoms with Crippen LogP contribution in [-0.4, -0.2) is 42.1 Å². The molecule has 2 aliphatic heterocycles. The number of rotatable bonds is 3. The maximum atomic E-state index is 5.45. The largest absolute Gasteiger partial charge is 0.327 e. The molecule has 2 aromatic heterocycles. The van der Waals surface area contributed by atoms with Crippen molar-refractivity contribution >= 4 is 55.3 Å². The van der Waals surface area contributed by atoms with Crippen molar-refractivity contribution in [3.05, 3.63) is 115 Å². The van der Waals surface area contributed by atoms with Gasteiger partial charge in [-0.25, -0.2) is 4.99 Å². The molecule has 0 spiro atoms. The Bertz CT molecular complexity index is 2460. The van der Waals surface area contributed by atoms with Crippen LogP contribution >= 0.6 is 0 Å². The van der Waals surface area contributed by atoms with Crippen molar-refractivity contribution in [2.75, 3.05) is 4.90 Å². The summed E-state index contributed by atoms with van der Waals surface area (Å²) in [6.07, 6.45) is 0. The first-order valence-electron chi connectivity index (χ1n) is 17.2. The predicted octanol–water partition coefficient (Wildman–Crippen LogP) is 10.5. The van der Waals surface area contributed by atoms with Gasteiger partial charge >= 0.3 is 0 Å². The Kier molecular flexibility index (Phi) is 5.65. The number of benzene rings is 5. The molecule has 48 heavy (non-hydrogen) atoms. The Labute approximate surface area is 282 Å². The van der Waals surface area contributed by atoms with E-state index in [0.29, 0.717) is 0 Å². The van der Waals surface area contributed by atoms with Gasteiger partial charge in [0.1, 0.15) is 0 Å². The third-order valence-corrected chi connectivity index (χ3v) is 12.3. The second kappa shape index (κ2) is 9.31. The first-order chi connectivity index (χ1) is 22.8. The Hall–Kier alpha value is -5.03. The van der Waals surface area contributed by atoms with Crippen molar-refractivity contribution in [1.82, 2.24) is 14.0 Å². The van der Waals surface area contributed by atoms with Crippen molar-refractivity contribution < 1.29 is 0 Å². The zero-order chi connectivity index (χ0) is 33.4. The van der Waals surface area contributed by atoms with Crippen molar-refractivity contribution in [3.8, 4) is 11.4 Å². The Balaban J connectivity index is 1.37. The number of aliphatic imine (C=N–C) groups is 1. The van der Waals surface area contributed by atoms with Crippen molar-refractivity contribution in [3.63, 3.8) is 0 Å². The van der Waals surface area contributed by atoms with Crippen LogP contribution in [0.2, 0.25) is 0 Å². The van der Waals surface area contributed by atoms with E-state index in [2.05, 4.69) is 190 Å². The molecule has 5 aromatic carbocycles. The first-order valence-corrected chi connectivity index (χ1v) is 17.2. The van der Waals surface area contributed by atoms with Gasteiger partial charge in [-0.2, -0.15) is 0 Å². The number of hydrogen-bond acceptors (Lipinski definition) is 3. The van der Waals surface area contributed by atoms with Gasteiger partial charge in [0.05, 0.1) is 44.2 Å². The monoisotopic (exact) mass is 629 g/mol. The molecule has 0 atom stereocenters. The highest BCUT2D eigenvalue weighted by Gasteiger charge is 2.65. The van der Waals surface area contributed by atoms with Crippen LogP contribution in [0, 0.1) is 0 Å². The average Bonchev–Trinajstić information content (AvgIpc) is 3.66. The van der Waals surface area contributed by atoms with Gasteiger partial charge in [-0.05, 0) is 116 Å². The van der Waals surface area contributed by atoms with E-state index < -0.39 is 0 Å². The molecule has 0 saturated carbocycles. The number of hydrogen-bond donors (Lipinski definition) is 0. The summed E-state index contributed by atoms with van der Waals surface area (Å²) in [7, 11) is 0. The summed E-state index contributed by atoms with van der Waals surface area (Å²) < 4.78 is 4.86. The lowest BCUT2D eigenvalue weighted by Crippen LogP contribution is -2.62. The van der Waals surface area contributed by atoms with E-state index >= 15 is 0 Å². The highest BCUT2D eigenvalue weighted by Crippen LogP contribution is 2.54. The van der Waals surface area contributed by atoms with Crippen LogP contribution in [0.5, 0.6) is 0 Å².